The molecule has 6 heteroatoms. The van der Waals surface area contributed by atoms with Crippen molar-refractivity contribution in [2.24, 2.45) is 0 Å². The van der Waals surface area contributed by atoms with Gasteiger partial charge in [-0.3, -0.25) is 14.9 Å². The summed E-state index contributed by atoms with van der Waals surface area (Å²) in [5.41, 5.74) is -0.0795. The van der Waals surface area contributed by atoms with Crippen molar-refractivity contribution in [3.8, 4) is 0 Å². The fourth-order valence-electron chi connectivity index (χ4n) is 1.28. The van der Waals surface area contributed by atoms with Gasteiger partial charge in [-0.1, -0.05) is 6.92 Å². The van der Waals surface area contributed by atoms with Gasteiger partial charge in [-0.2, -0.15) is 0 Å². The molecule has 1 rings (SSSR count). The molecule has 0 saturated heterocycles. The quantitative estimate of drug-likeness (QED) is 0.508. The maximum absolute atomic E-state index is 12.0. The fraction of sp³-hybridized carbons (Fsp3) is 0.417. The van der Waals surface area contributed by atoms with Crippen LogP contribution in [0.3, 0.4) is 0 Å². The lowest BCUT2D eigenvalue weighted by atomic mass is 10.0. The molecule has 1 aromatic rings. The van der Waals surface area contributed by atoms with E-state index in [9.17, 15) is 14.9 Å². The molecule has 0 aliphatic heterocycles. The summed E-state index contributed by atoms with van der Waals surface area (Å²) in [5, 5.41) is 13.6. The highest BCUT2D eigenvalue weighted by molar-refractivity contribution is 14.1. The van der Waals surface area contributed by atoms with Gasteiger partial charge in [0, 0.05) is 26.8 Å². The van der Waals surface area contributed by atoms with Crippen molar-refractivity contribution in [1.29, 1.82) is 0 Å². The summed E-state index contributed by atoms with van der Waals surface area (Å²) < 4.78 is 0.668. The molecule has 0 radical (unpaired) electrons. The zero-order valence-electron chi connectivity index (χ0n) is 10.5. The second-order valence-corrected chi connectivity index (χ2v) is 5.89. The standard InChI is InChI=1S/C12H15IN2O3/c1-4-12(2,3)14-11(16)8-5-9(13)7-10(6-8)15(17)18/h5-7H,4H2,1-3H3,(H,14,16). The van der Waals surface area contributed by atoms with Gasteiger partial charge >= 0.3 is 0 Å². The van der Waals surface area contributed by atoms with Crippen molar-refractivity contribution in [3.05, 3.63) is 37.4 Å². The molecule has 0 atom stereocenters. The molecule has 0 saturated carbocycles. The van der Waals surface area contributed by atoms with E-state index in [0.29, 0.717) is 9.13 Å². The normalized spacial score (nSPS) is 11.1. The summed E-state index contributed by atoms with van der Waals surface area (Å²) in [4.78, 5) is 22.3. The first-order valence-corrected chi connectivity index (χ1v) is 6.60. The number of carbonyl (C=O) groups is 1. The van der Waals surface area contributed by atoms with Gasteiger partial charge in [0.25, 0.3) is 11.6 Å². The summed E-state index contributed by atoms with van der Waals surface area (Å²) in [6.07, 6.45) is 0.782. The van der Waals surface area contributed by atoms with Crippen LogP contribution in [0, 0.1) is 13.7 Å². The van der Waals surface area contributed by atoms with Crippen molar-refractivity contribution < 1.29 is 9.72 Å². The number of benzene rings is 1. The van der Waals surface area contributed by atoms with Gasteiger partial charge in [0.05, 0.1) is 4.92 Å². The number of carbonyl (C=O) groups excluding carboxylic acids is 1. The highest BCUT2D eigenvalue weighted by atomic mass is 127. The Labute approximate surface area is 119 Å². The number of nitrogens with zero attached hydrogens (tertiary/aromatic N) is 1. The second-order valence-electron chi connectivity index (χ2n) is 4.65. The third-order valence-electron chi connectivity index (χ3n) is 2.69. The van der Waals surface area contributed by atoms with E-state index in [-0.39, 0.29) is 17.1 Å². The number of nitro groups is 1. The second kappa shape index (κ2) is 5.64. The molecule has 0 aromatic heterocycles. The van der Waals surface area contributed by atoms with E-state index in [1.54, 1.807) is 6.07 Å². The molecule has 1 N–H and O–H groups in total. The van der Waals surface area contributed by atoms with Crippen molar-refractivity contribution in [3.63, 3.8) is 0 Å². The van der Waals surface area contributed by atoms with Crippen molar-refractivity contribution in [1.82, 2.24) is 5.32 Å². The number of hydrogen-bond donors (Lipinski definition) is 1. The number of nitrogens with one attached hydrogen (secondary N) is 1. The van der Waals surface area contributed by atoms with Gasteiger partial charge in [-0.25, -0.2) is 0 Å². The maximum atomic E-state index is 12.0. The number of non-ortho nitro benzene ring substituents is 1. The lowest BCUT2D eigenvalue weighted by molar-refractivity contribution is -0.385. The molecule has 1 amide bonds. The van der Waals surface area contributed by atoms with Crippen LogP contribution in [0.4, 0.5) is 5.69 Å². The number of amides is 1. The predicted octanol–water partition coefficient (Wildman–Crippen LogP) is 3.12. The third-order valence-corrected chi connectivity index (χ3v) is 3.31. The first-order valence-electron chi connectivity index (χ1n) is 5.52. The van der Waals surface area contributed by atoms with Crippen LogP contribution >= 0.6 is 22.6 Å². The Morgan fingerprint density at radius 2 is 2.06 bits per heavy atom. The topological polar surface area (TPSA) is 72.2 Å². The van der Waals surface area contributed by atoms with E-state index < -0.39 is 4.92 Å². The minimum atomic E-state index is -0.496. The Morgan fingerprint density at radius 3 is 2.56 bits per heavy atom. The van der Waals surface area contributed by atoms with Crippen LogP contribution in [0.15, 0.2) is 18.2 Å². The Morgan fingerprint density at radius 1 is 1.44 bits per heavy atom. The van der Waals surface area contributed by atoms with E-state index in [4.69, 9.17) is 0 Å². The minimum Gasteiger partial charge on any atom is -0.347 e. The van der Waals surface area contributed by atoms with Gasteiger partial charge in [0.15, 0.2) is 0 Å². The molecule has 0 bridgehead atoms. The molecule has 1 aromatic carbocycles. The van der Waals surface area contributed by atoms with E-state index in [1.165, 1.54) is 12.1 Å². The highest BCUT2D eigenvalue weighted by Gasteiger charge is 2.20. The van der Waals surface area contributed by atoms with Crippen LogP contribution in [-0.4, -0.2) is 16.4 Å². The van der Waals surface area contributed by atoms with Crippen LogP contribution < -0.4 is 5.32 Å². The van der Waals surface area contributed by atoms with Gasteiger partial charge in [-0.05, 0) is 48.9 Å². The van der Waals surface area contributed by atoms with Gasteiger partial charge in [0.1, 0.15) is 0 Å². The lowest BCUT2D eigenvalue weighted by Crippen LogP contribution is -2.42. The minimum absolute atomic E-state index is 0.0682. The van der Waals surface area contributed by atoms with E-state index >= 15 is 0 Å². The molecular formula is C12H15IN2O3. The van der Waals surface area contributed by atoms with E-state index in [2.05, 4.69) is 5.32 Å². The SMILES string of the molecule is CCC(C)(C)NC(=O)c1cc(I)cc([N+](=O)[O-])c1. The number of rotatable bonds is 4. The zero-order chi connectivity index (χ0) is 13.9. The van der Waals surface area contributed by atoms with Crippen LogP contribution in [0.5, 0.6) is 0 Å². The average Bonchev–Trinajstić information content (AvgIpc) is 2.27. The summed E-state index contributed by atoms with van der Waals surface area (Å²) in [5.74, 6) is -0.288. The summed E-state index contributed by atoms with van der Waals surface area (Å²) in [6.45, 7) is 5.79. The van der Waals surface area contributed by atoms with Crippen LogP contribution in [0.1, 0.15) is 37.6 Å². The molecule has 0 aliphatic carbocycles. The Hall–Kier alpha value is -1.18. The average molecular weight is 362 g/mol. The van der Waals surface area contributed by atoms with Gasteiger partial charge < -0.3 is 5.32 Å². The molecule has 5 nitrogen and oxygen atoms in total. The smallest absolute Gasteiger partial charge is 0.271 e. The van der Waals surface area contributed by atoms with Crippen LogP contribution in [0.25, 0.3) is 0 Å². The molecule has 0 heterocycles. The largest absolute Gasteiger partial charge is 0.347 e. The number of halogens is 1. The monoisotopic (exact) mass is 362 g/mol. The Bertz CT molecular complexity index is 486. The number of nitro benzene ring substituents is 1. The van der Waals surface area contributed by atoms with E-state index in [1.807, 2.05) is 43.4 Å². The maximum Gasteiger partial charge on any atom is 0.271 e. The molecular weight excluding hydrogens is 347 g/mol. The first kappa shape index (κ1) is 14.9. The van der Waals surface area contributed by atoms with Crippen molar-refractivity contribution in [2.45, 2.75) is 32.7 Å². The van der Waals surface area contributed by atoms with Gasteiger partial charge in [-0.15, -0.1) is 0 Å². The molecule has 98 valence electrons. The first-order chi connectivity index (χ1) is 8.25. The van der Waals surface area contributed by atoms with Crippen molar-refractivity contribution >= 4 is 34.2 Å². The molecule has 0 spiro atoms. The van der Waals surface area contributed by atoms with E-state index in [0.717, 1.165) is 6.42 Å². The van der Waals surface area contributed by atoms with Crippen molar-refractivity contribution in [2.75, 3.05) is 0 Å². The predicted molar refractivity (Wildman–Crippen MR) is 77.6 cm³/mol. The molecule has 18 heavy (non-hydrogen) atoms. The lowest BCUT2D eigenvalue weighted by Gasteiger charge is -2.24. The highest BCUT2D eigenvalue weighted by Crippen LogP contribution is 2.19. The Balaban J connectivity index is 3.03. The Kier molecular flexibility index (Phi) is 4.66. The van der Waals surface area contributed by atoms with Crippen LogP contribution in [-0.2, 0) is 0 Å². The third kappa shape index (κ3) is 3.94. The summed E-state index contributed by atoms with van der Waals surface area (Å²) in [7, 11) is 0. The molecule has 0 aliphatic rings. The van der Waals surface area contributed by atoms with Crippen LogP contribution in [0.2, 0.25) is 0 Å². The molecule has 0 unspecified atom stereocenters. The molecule has 0 fully saturated rings. The zero-order valence-corrected chi connectivity index (χ0v) is 12.6. The number of hydrogen-bond acceptors (Lipinski definition) is 3. The summed E-state index contributed by atoms with van der Waals surface area (Å²) >= 11 is 1.96. The fourth-order valence-corrected chi connectivity index (χ4v) is 1.93. The van der Waals surface area contributed by atoms with Gasteiger partial charge in [0.2, 0.25) is 0 Å². The summed E-state index contributed by atoms with van der Waals surface area (Å²) in [6, 6.07) is 4.36.